The van der Waals surface area contributed by atoms with Crippen molar-refractivity contribution in [2.75, 3.05) is 26.0 Å². The third-order valence-corrected chi connectivity index (χ3v) is 4.37. The van der Waals surface area contributed by atoms with Crippen molar-refractivity contribution in [3.05, 3.63) is 0 Å². The largest absolute Gasteiger partial charge is 0.469 e. The highest BCUT2D eigenvalue weighted by molar-refractivity contribution is 7.89. The van der Waals surface area contributed by atoms with Gasteiger partial charge < -0.3 is 4.74 Å². The molecule has 1 fully saturated rings. The number of rotatable bonds is 4. The Kier molecular flexibility index (Phi) is 4.53. The number of carbonyl (C=O) groups excluding carboxylic acids is 1. The molecule has 0 spiro atoms. The molecule has 0 aromatic heterocycles. The topological polar surface area (TPSA) is 63.7 Å². The summed E-state index contributed by atoms with van der Waals surface area (Å²) < 4.78 is 29.3. The van der Waals surface area contributed by atoms with Crippen LogP contribution in [0.25, 0.3) is 0 Å². The molecule has 1 rings (SSSR count). The minimum Gasteiger partial charge on any atom is -0.469 e. The van der Waals surface area contributed by atoms with E-state index in [-0.39, 0.29) is 12.2 Å². The van der Waals surface area contributed by atoms with E-state index in [0.29, 0.717) is 13.1 Å². The maximum absolute atomic E-state index is 11.7. The Hall–Kier alpha value is -0.620. The van der Waals surface area contributed by atoms with Gasteiger partial charge in [-0.25, -0.2) is 12.7 Å². The van der Waals surface area contributed by atoms with E-state index in [1.165, 1.54) is 11.4 Å². The smallest absolute Gasteiger partial charge is 0.306 e. The molecule has 0 aromatic carbocycles. The predicted octanol–water partition coefficient (Wildman–Crippen LogP) is 0.365. The molecule has 0 atom stereocenters. The summed E-state index contributed by atoms with van der Waals surface area (Å²) >= 11 is 0. The van der Waals surface area contributed by atoms with Crippen LogP contribution >= 0.6 is 0 Å². The standard InChI is InChI=1S/C9H17NO4S/c1-14-9(11)5-8-15(12,13)10-6-3-2-4-7-10/h2-8H2,1H3. The Morgan fingerprint density at radius 1 is 1.27 bits per heavy atom. The molecule has 0 amide bonds. The second-order valence-electron chi connectivity index (χ2n) is 3.60. The summed E-state index contributed by atoms with van der Waals surface area (Å²) in [5.41, 5.74) is 0. The summed E-state index contributed by atoms with van der Waals surface area (Å²) in [5, 5.41) is 0. The van der Waals surface area contributed by atoms with E-state index in [0.717, 1.165) is 19.3 Å². The Labute approximate surface area is 90.4 Å². The summed E-state index contributed by atoms with van der Waals surface area (Å²) in [7, 11) is -2.00. The Morgan fingerprint density at radius 2 is 1.87 bits per heavy atom. The van der Waals surface area contributed by atoms with Gasteiger partial charge in [0.15, 0.2) is 0 Å². The molecule has 0 radical (unpaired) electrons. The maximum Gasteiger partial charge on any atom is 0.306 e. The first-order valence-corrected chi connectivity index (χ1v) is 6.72. The van der Waals surface area contributed by atoms with Crippen LogP contribution in [0.3, 0.4) is 0 Å². The molecule has 1 heterocycles. The molecule has 1 aliphatic heterocycles. The summed E-state index contributed by atoms with van der Waals surface area (Å²) in [6.45, 7) is 1.17. The average Bonchev–Trinajstić information content (AvgIpc) is 2.27. The predicted molar refractivity (Wildman–Crippen MR) is 55.8 cm³/mol. The van der Waals surface area contributed by atoms with E-state index in [1.54, 1.807) is 0 Å². The van der Waals surface area contributed by atoms with Crippen molar-refractivity contribution < 1.29 is 17.9 Å². The molecular weight excluding hydrogens is 218 g/mol. The number of sulfonamides is 1. The number of esters is 1. The molecule has 0 saturated carbocycles. The van der Waals surface area contributed by atoms with Crippen LogP contribution in [0, 0.1) is 0 Å². The summed E-state index contributed by atoms with van der Waals surface area (Å²) in [6.07, 6.45) is 2.85. The molecule has 6 heteroatoms. The lowest BCUT2D eigenvalue weighted by atomic mass is 10.2. The van der Waals surface area contributed by atoms with Gasteiger partial charge >= 0.3 is 5.97 Å². The zero-order valence-electron chi connectivity index (χ0n) is 8.94. The van der Waals surface area contributed by atoms with Crippen molar-refractivity contribution >= 4 is 16.0 Å². The van der Waals surface area contributed by atoms with Gasteiger partial charge in [-0.2, -0.15) is 0 Å². The van der Waals surface area contributed by atoms with E-state index in [2.05, 4.69) is 4.74 Å². The van der Waals surface area contributed by atoms with Crippen LogP contribution < -0.4 is 0 Å². The molecule has 0 aliphatic carbocycles. The quantitative estimate of drug-likeness (QED) is 0.660. The number of carbonyl (C=O) groups is 1. The second-order valence-corrected chi connectivity index (χ2v) is 5.69. The highest BCUT2D eigenvalue weighted by Gasteiger charge is 2.24. The number of nitrogens with zero attached hydrogens (tertiary/aromatic N) is 1. The highest BCUT2D eigenvalue weighted by atomic mass is 32.2. The van der Waals surface area contributed by atoms with Crippen molar-refractivity contribution in [2.45, 2.75) is 25.7 Å². The second kappa shape index (κ2) is 5.46. The van der Waals surface area contributed by atoms with Crippen molar-refractivity contribution in [3.63, 3.8) is 0 Å². The van der Waals surface area contributed by atoms with E-state index >= 15 is 0 Å². The number of hydrogen-bond donors (Lipinski definition) is 0. The van der Waals surface area contributed by atoms with Gasteiger partial charge in [-0.05, 0) is 12.8 Å². The first kappa shape index (κ1) is 12.4. The third kappa shape index (κ3) is 3.79. The first-order valence-electron chi connectivity index (χ1n) is 5.11. The molecule has 15 heavy (non-hydrogen) atoms. The van der Waals surface area contributed by atoms with Crippen LogP contribution in [0.5, 0.6) is 0 Å². The lowest BCUT2D eigenvalue weighted by Crippen LogP contribution is -2.37. The van der Waals surface area contributed by atoms with Gasteiger partial charge in [0.05, 0.1) is 19.3 Å². The monoisotopic (exact) mass is 235 g/mol. The maximum atomic E-state index is 11.7. The fourth-order valence-electron chi connectivity index (χ4n) is 1.59. The van der Waals surface area contributed by atoms with E-state index in [9.17, 15) is 13.2 Å². The summed E-state index contributed by atoms with van der Waals surface area (Å²) in [6, 6.07) is 0. The van der Waals surface area contributed by atoms with Gasteiger partial charge in [0.25, 0.3) is 0 Å². The fourth-order valence-corrected chi connectivity index (χ4v) is 3.08. The van der Waals surface area contributed by atoms with Crippen LogP contribution in [0.15, 0.2) is 0 Å². The highest BCUT2D eigenvalue weighted by Crippen LogP contribution is 2.13. The number of piperidine rings is 1. The lowest BCUT2D eigenvalue weighted by Gasteiger charge is -2.25. The molecule has 1 aliphatic rings. The Bertz CT molecular complexity index is 306. The minimum atomic E-state index is -3.26. The zero-order valence-corrected chi connectivity index (χ0v) is 9.75. The summed E-state index contributed by atoms with van der Waals surface area (Å²) in [4.78, 5) is 10.8. The van der Waals surface area contributed by atoms with Crippen molar-refractivity contribution in [3.8, 4) is 0 Å². The van der Waals surface area contributed by atoms with Crippen molar-refractivity contribution in [2.24, 2.45) is 0 Å². The first-order chi connectivity index (χ1) is 7.06. The zero-order chi connectivity index (χ0) is 11.3. The molecule has 1 saturated heterocycles. The van der Waals surface area contributed by atoms with E-state index < -0.39 is 16.0 Å². The lowest BCUT2D eigenvalue weighted by molar-refractivity contribution is -0.140. The molecule has 88 valence electrons. The van der Waals surface area contributed by atoms with Gasteiger partial charge in [0.1, 0.15) is 0 Å². The van der Waals surface area contributed by atoms with Gasteiger partial charge in [-0.3, -0.25) is 4.79 Å². The van der Waals surface area contributed by atoms with Crippen LogP contribution in [0.4, 0.5) is 0 Å². The van der Waals surface area contributed by atoms with Crippen molar-refractivity contribution in [1.29, 1.82) is 0 Å². The van der Waals surface area contributed by atoms with Crippen LogP contribution in [-0.4, -0.2) is 44.6 Å². The fraction of sp³-hybridized carbons (Fsp3) is 0.889. The Morgan fingerprint density at radius 3 is 2.40 bits per heavy atom. The van der Waals surface area contributed by atoms with Crippen LogP contribution in [0.1, 0.15) is 25.7 Å². The summed E-state index contributed by atoms with van der Waals surface area (Å²) in [5.74, 6) is -0.616. The minimum absolute atomic E-state index is 0.0602. The molecule has 0 unspecified atom stereocenters. The van der Waals surface area contributed by atoms with Crippen LogP contribution in [0.2, 0.25) is 0 Å². The number of hydrogen-bond acceptors (Lipinski definition) is 4. The molecule has 5 nitrogen and oxygen atoms in total. The van der Waals surface area contributed by atoms with Gasteiger partial charge in [0, 0.05) is 13.1 Å². The van der Waals surface area contributed by atoms with Crippen LogP contribution in [-0.2, 0) is 19.6 Å². The third-order valence-electron chi connectivity index (χ3n) is 2.50. The number of methoxy groups -OCH3 is 1. The normalized spacial score (nSPS) is 18.7. The number of ether oxygens (including phenoxy) is 1. The Balaban J connectivity index is 2.46. The molecule has 0 aromatic rings. The average molecular weight is 235 g/mol. The molecule has 0 N–H and O–H groups in total. The van der Waals surface area contributed by atoms with Gasteiger partial charge in [0.2, 0.25) is 10.0 Å². The molecular formula is C9H17NO4S. The molecule has 0 bridgehead atoms. The van der Waals surface area contributed by atoms with Crippen molar-refractivity contribution in [1.82, 2.24) is 4.31 Å². The van der Waals surface area contributed by atoms with E-state index in [4.69, 9.17) is 0 Å². The SMILES string of the molecule is COC(=O)CCS(=O)(=O)N1CCCCC1. The van der Waals surface area contributed by atoms with Gasteiger partial charge in [-0.1, -0.05) is 6.42 Å². The van der Waals surface area contributed by atoms with Gasteiger partial charge in [-0.15, -0.1) is 0 Å². The van der Waals surface area contributed by atoms with E-state index in [1.807, 2.05) is 0 Å².